The van der Waals surface area contributed by atoms with Gasteiger partial charge in [-0.3, -0.25) is 14.2 Å². The number of carbonyl (C=O) groups is 1. The van der Waals surface area contributed by atoms with Gasteiger partial charge in [0, 0.05) is 11.9 Å². The molecule has 0 aliphatic rings. The van der Waals surface area contributed by atoms with Crippen LogP contribution in [0.5, 0.6) is 11.6 Å². The molecule has 0 radical (unpaired) electrons. The predicted molar refractivity (Wildman–Crippen MR) is 139 cm³/mol. The van der Waals surface area contributed by atoms with E-state index >= 15 is 0 Å². The zero-order chi connectivity index (χ0) is 26.1. The van der Waals surface area contributed by atoms with Crippen LogP contribution in [0.4, 0.5) is 11.4 Å². The molecule has 2 heterocycles. The molecule has 2 N–H and O–H groups in total. The summed E-state index contributed by atoms with van der Waals surface area (Å²) in [6.07, 6.45) is 6.10. The van der Waals surface area contributed by atoms with Crippen LogP contribution in [0.2, 0.25) is 0 Å². The quantitative estimate of drug-likeness (QED) is 0.382. The van der Waals surface area contributed by atoms with Crippen molar-refractivity contribution in [1.82, 2.24) is 19.7 Å². The SMILES string of the molecule is Cc1cc(CC(=O)Nc2cnn(C(C)(C)C)c2)ccc1Oc1ncnc2ccc(NS(C)(=O)=O)cc12. The molecule has 4 rings (SSSR count). The molecule has 0 bridgehead atoms. The van der Waals surface area contributed by atoms with Gasteiger partial charge in [0.1, 0.15) is 12.1 Å². The number of hydrogen-bond acceptors (Lipinski definition) is 7. The molecule has 1 amide bonds. The number of nitrogens with zero attached hydrogens (tertiary/aromatic N) is 4. The molecular weight excluding hydrogens is 480 g/mol. The monoisotopic (exact) mass is 508 g/mol. The van der Waals surface area contributed by atoms with Gasteiger partial charge in [-0.05, 0) is 63.1 Å². The molecule has 2 aromatic carbocycles. The number of carbonyl (C=O) groups excluding carboxylic acids is 1. The van der Waals surface area contributed by atoms with Gasteiger partial charge in [0.15, 0.2) is 0 Å². The summed E-state index contributed by atoms with van der Waals surface area (Å²) in [5.41, 5.74) is 3.12. The molecule has 188 valence electrons. The normalized spacial score (nSPS) is 11.9. The molecule has 36 heavy (non-hydrogen) atoms. The molecule has 2 aromatic heterocycles. The minimum Gasteiger partial charge on any atom is -0.438 e. The van der Waals surface area contributed by atoms with Crippen LogP contribution in [0.25, 0.3) is 10.9 Å². The fourth-order valence-corrected chi connectivity index (χ4v) is 4.13. The average Bonchev–Trinajstić information content (AvgIpc) is 3.24. The first-order valence-corrected chi connectivity index (χ1v) is 13.1. The molecule has 0 aliphatic heterocycles. The Morgan fingerprint density at radius 3 is 2.53 bits per heavy atom. The maximum Gasteiger partial charge on any atom is 0.230 e. The summed E-state index contributed by atoms with van der Waals surface area (Å²) in [5, 5.41) is 7.74. The van der Waals surface area contributed by atoms with Crippen LogP contribution in [-0.4, -0.2) is 40.3 Å². The summed E-state index contributed by atoms with van der Waals surface area (Å²) in [6.45, 7) is 7.99. The van der Waals surface area contributed by atoms with Crippen molar-refractivity contribution >= 4 is 38.2 Å². The predicted octanol–water partition coefficient (Wildman–Crippen LogP) is 4.23. The Morgan fingerprint density at radius 2 is 1.86 bits per heavy atom. The number of rotatable bonds is 7. The maximum absolute atomic E-state index is 12.6. The standard InChI is InChI=1S/C25H28N6O4S/c1-16-10-17(11-23(32)29-19-13-28-31(14-19)25(2,3)4)6-9-22(16)35-24-20-12-18(30-36(5,33)34)7-8-21(20)26-15-27-24/h6-10,12-15,30H,11H2,1-5H3,(H,29,32). The molecule has 10 nitrogen and oxygen atoms in total. The van der Waals surface area contributed by atoms with E-state index in [0.29, 0.717) is 33.9 Å². The van der Waals surface area contributed by atoms with Crippen LogP contribution in [-0.2, 0) is 26.8 Å². The molecule has 0 atom stereocenters. The van der Waals surface area contributed by atoms with E-state index in [9.17, 15) is 13.2 Å². The zero-order valence-electron chi connectivity index (χ0n) is 20.7. The van der Waals surface area contributed by atoms with Gasteiger partial charge in [-0.1, -0.05) is 12.1 Å². The Kier molecular flexibility index (Phi) is 6.68. The van der Waals surface area contributed by atoms with Crippen molar-refractivity contribution in [3.05, 3.63) is 66.2 Å². The number of nitrogens with one attached hydrogen (secondary N) is 2. The Labute approximate surface area is 209 Å². The maximum atomic E-state index is 12.6. The van der Waals surface area contributed by atoms with Crippen LogP contribution >= 0.6 is 0 Å². The van der Waals surface area contributed by atoms with E-state index < -0.39 is 10.0 Å². The van der Waals surface area contributed by atoms with E-state index in [1.165, 1.54) is 6.33 Å². The van der Waals surface area contributed by atoms with E-state index in [2.05, 4.69) is 25.1 Å². The van der Waals surface area contributed by atoms with Gasteiger partial charge in [-0.2, -0.15) is 5.10 Å². The smallest absolute Gasteiger partial charge is 0.230 e. The molecule has 0 spiro atoms. The number of hydrogen-bond donors (Lipinski definition) is 2. The highest BCUT2D eigenvalue weighted by Crippen LogP contribution is 2.31. The number of amides is 1. The van der Waals surface area contributed by atoms with Crippen LogP contribution in [0.15, 0.2) is 55.1 Å². The number of aryl methyl sites for hydroxylation is 1. The second kappa shape index (κ2) is 9.57. The lowest BCUT2D eigenvalue weighted by Crippen LogP contribution is -2.22. The number of sulfonamides is 1. The Morgan fingerprint density at radius 1 is 1.08 bits per heavy atom. The number of benzene rings is 2. The molecule has 0 aliphatic carbocycles. The zero-order valence-corrected chi connectivity index (χ0v) is 21.5. The topological polar surface area (TPSA) is 128 Å². The Hall–Kier alpha value is -3.99. The van der Waals surface area contributed by atoms with Gasteiger partial charge in [-0.25, -0.2) is 18.4 Å². The number of anilines is 2. The number of aromatic nitrogens is 4. The van der Waals surface area contributed by atoms with Crippen molar-refractivity contribution in [2.45, 2.75) is 39.7 Å². The molecule has 0 saturated heterocycles. The largest absolute Gasteiger partial charge is 0.438 e. The molecule has 0 unspecified atom stereocenters. The second-order valence-corrected chi connectivity index (χ2v) is 11.3. The minimum atomic E-state index is -3.43. The van der Waals surface area contributed by atoms with Crippen molar-refractivity contribution in [3.8, 4) is 11.6 Å². The molecule has 0 fully saturated rings. The third kappa shape index (κ3) is 6.16. The second-order valence-electron chi connectivity index (χ2n) is 9.56. The highest BCUT2D eigenvalue weighted by atomic mass is 32.2. The highest BCUT2D eigenvalue weighted by Gasteiger charge is 2.16. The minimum absolute atomic E-state index is 0.149. The first kappa shape index (κ1) is 25.1. The first-order valence-electron chi connectivity index (χ1n) is 11.2. The van der Waals surface area contributed by atoms with Gasteiger partial charge in [-0.15, -0.1) is 0 Å². The lowest BCUT2D eigenvalue weighted by atomic mass is 10.1. The number of fused-ring (bicyclic) bond motifs is 1. The third-order valence-electron chi connectivity index (χ3n) is 5.27. The summed E-state index contributed by atoms with van der Waals surface area (Å²) >= 11 is 0. The van der Waals surface area contributed by atoms with Gasteiger partial charge in [0.25, 0.3) is 0 Å². The Bertz CT molecular complexity index is 1540. The van der Waals surface area contributed by atoms with Crippen LogP contribution in [0.1, 0.15) is 31.9 Å². The summed E-state index contributed by atoms with van der Waals surface area (Å²) in [6, 6.07) is 10.4. The molecular formula is C25H28N6O4S. The molecule has 11 heteroatoms. The van der Waals surface area contributed by atoms with Crippen molar-refractivity contribution < 1.29 is 17.9 Å². The molecule has 4 aromatic rings. The summed E-state index contributed by atoms with van der Waals surface area (Å²) in [4.78, 5) is 21.0. The van der Waals surface area contributed by atoms with Crippen molar-refractivity contribution in [1.29, 1.82) is 0 Å². The van der Waals surface area contributed by atoms with Gasteiger partial charge in [0.2, 0.25) is 21.8 Å². The lowest BCUT2D eigenvalue weighted by molar-refractivity contribution is -0.115. The van der Waals surface area contributed by atoms with E-state index in [0.717, 1.165) is 17.4 Å². The van der Waals surface area contributed by atoms with Gasteiger partial charge >= 0.3 is 0 Å². The summed E-state index contributed by atoms with van der Waals surface area (Å²) in [7, 11) is -3.43. The van der Waals surface area contributed by atoms with E-state index in [4.69, 9.17) is 4.74 Å². The average molecular weight is 509 g/mol. The van der Waals surface area contributed by atoms with Gasteiger partial charge < -0.3 is 10.1 Å². The summed E-state index contributed by atoms with van der Waals surface area (Å²) < 4.78 is 33.5. The summed E-state index contributed by atoms with van der Waals surface area (Å²) in [5.74, 6) is 0.706. The van der Waals surface area contributed by atoms with Crippen molar-refractivity contribution in [2.24, 2.45) is 0 Å². The lowest BCUT2D eigenvalue weighted by Gasteiger charge is -2.18. The highest BCUT2D eigenvalue weighted by molar-refractivity contribution is 7.92. The molecule has 0 saturated carbocycles. The van der Waals surface area contributed by atoms with Crippen LogP contribution in [0.3, 0.4) is 0 Å². The van der Waals surface area contributed by atoms with Crippen LogP contribution in [0, 0.1) is 6.92 Å². The van der Waals surface area contributed by atoms with E-state index in [1.54, 1.807) is 35.1 Å². The Balaban J connectivity index is 1.49. The number of ether oxygens (including phenoxy) is 1. The van der Waals surface area contributed by atoms with Crippen molar-refractivity contribution in [3.63, 3.8) is 0 Å². The van der Waals surface area contributed by atoms with E-state index in [-0.39, 0.29) is 17.9 Å². The van der Waals surface area contributed by atoms with Crippen molar-refractivity contribution in [2.75, 3.05) is 16.3 Å². The fraction of sp³-hybridized carbons (Fsp3) is 0.280. The van der Waals surface area contributed by atoms with Crippen LogP contribution < -0.4 is 14.8 Å². The van der Waals surface area contributed by atoms with Gasteiger partial charge in [0.05, 0.1) is 41.0 Å². The fourth-order valence-electron chi connectivity index (χ4n) is 3.58. The third-order valence-corrected chi connectivity index (χ3v) is 5.87. The first-order chi connectivity index (χ1) is 16.9. The van der Waals surface area contributed by atoms with E-state index in [1.807, 2.05) is 46.0 Å².